The molecule has 48 valence electrons. The molecule has 1 saturated carbocycles. The van der Waals surface area contributed by atoms with Gasteiger partial charge in [-0.2, -0.15) is 0 Å². The second kappa shape index (κ2) is 1.73. The van der Waals surface area contributed by atoms with Crippen molar-refractivity contribution in [2.24, 2.45) is 11.8 Å². The van der Waals surface area contributed by atoms with Gasteiger partial charge in [-0.15, -0.1) is 0 Å². The fraction of sp³-hybridized carbons (Fsp3) is 0.556. The molecule has 2 bridgehead atoms. The van der Waals surface area contributed by atoms with E-state index in [4.69, 9.17) is 0 Å². The van der Waals surface area contributed by atoms with Gasteiger partial charge in [-0.1, -0.05) is 23.8 Å². The van der Waals surface area contributed by atoms with E-state index in [9.17, 15) is 0 Å². The van der Waals surface area contributed by atoms with Crippen LogP contribution in [-0.4, -0.2) is 0 Å². The Kier molecular flexibility index (Phi) is 1.01. The maximum Gasteiger partial charge on any atom is -0.00174 e. The fourth-order valence-electron chi connectivity index (χ4n) is 1.99. The monoisotopic (exact) mass is 120 g/mol. The van der Waals surface area contributed by atoms with E-state index in [0.29, 0.717) is 0 Å². The summed E-state index contributed by atoms with van der Waals surface area (Å²) >= 11 is 0. The van der Waals surface area contributed by atoms with Crippen LogP contribution in [0.25, 0.3) is 0 Å². The highest BCUT2D eigenvalue weighted by atomic mass is 14.3. The Balaban J connectivity index is 2.29. The van der Waals surface area contributed by atoms with Crippen LogP contribution in [0.15, 0.2) is 23.8 Å². The third-order valence-electron chi connectivity index (χ3n) is 2.52. The lowest BCUT2D eigenvalue weighted by molar-refractivity contribution is 0.693. The summed E-state index contributed by atoms with van der Waals surface area (Å²) < 4.78 is 0. The highest BCUT2D eigenvalue weighted by Crippen LogP contribution is 2.42. The molecule has 1 unspecified atom stereocenters. The van der Waals surface area contributed by atoms with Crippen LogP contribution >= 0.6 is 0 Å². The molecule has 0 aromatic heterocycles. The summed E-state index contributed by atoms with van der Waals surface area (Å²) in [4.78, 5) is 0. The summed E-state index contributed by atoms with van der Waals surface area (Å²) in [5, 5.41) is 0. The zero-order chi connectivity index (χ0) is 6.27. The molecule has 0 aliphatic heterocycles. The lowest BCUT2D eigenvalue weighted by Crippen LogP contribution is -1.90. The summed E-state index contributed by atoms with van der Waals surface area (Å²) in [7, 11) is 0. The van der Waals surface area contributed by atoms with Gasteiger partial charge in [0, 0.05) is 0 Å². The molecule has 0 heterocycles. The first kappa shape index (κ1) is 5.28. The van der Waals surface area contributed by atoms with E-state index in [2.05, 4.69) is 25.2 Å². The largest absolute Gasteiger partial charge is 0.0878 e. The van der Waals surface area contributed by atoms with E-state index >= 15 is 0 Å². The van der Waals surface area contributed by atoms with Gasteiger partial charge in [0.25, 0.3) is 0 Å². The van der Waals surface area contributed by atoms with Crippen LogP contribution in [0.4, 0.5) is 0 Å². The topological polar surface area (TPSA) is 0 Å². The molecular weight excluding hydrogens is 108 g/mol. The van der Waals surface area contributed by atoms with Crippen LogP contribution < -0.4 is 0 Å². The molecule has 2 aliphatic carbocycles. The Morgan fingerprint density at radius 3 is 2.78 bits per heavy atom. The smallest absolute Gasteiger partial charge is 0.00174 e. The molecule has 2 rings (SSSR count). The molecule has 0 aromatic rings. The van der Waals surface area contributed by atoms with Crippen molar-refractivity contribution < 1.29 is 0 Å². The van der Waals surface area contributed by atoms with Crippen LogP contribution in [-0.2, 0) is 0 Å². The van der Waals surface area contributed by atoms with Gasteiger partial charge in [-0.3, -0.25) is 0 Å². The van der Waals surface area contributed by atoms with Gasteiger partial charge in [0.2, 0.25) is 0 Å². The van der Waals surface area contributed by atoms with Crippen LogP contribution in [0.1, 0.15) is 19.8 Å². The predicted octanol–water partition coefficient (Wildman–Crippen LogP) is 2.53. The van der Waals surface area contributed by atoms with Crippen LogP contribution in [0, 0.1) is 11.8 Å². The maximum atomic E-state index is 2.37. The number of fused-ring (bicyclic) bond motifs is 2. The van der Waals surface area contributed by atoms with E-state index in [1.807, 2.05) is 0 Å². The first-order chi connectivity index (χ1) is 4.40. The van der Waals surface area contributed by atoms with Gasteiger partial charge in [-0.05, 0) is 31.6 Å². The van der Waals surface area contributed by atoms with Gasteiger partial charge < -0.3 is 0 Å². The van der Waals surface area contributed by atoms with E-state index < -0.39 is 0 Å². The molecule has 0 nitrogen and oxygen atoms in total. The van der Waals surface area contributed by atoms with Gasteiger partial charge in [0.05, 0.1) is 0 Å². The summed E-state index contributed by atoms with van der Waals surface area (Å²) in [6.07, 6.45) is 9.77. The number of rotatable bonds is 0. The van der Waals surface area contributed by atoms with E-state index in [-0.39, 0.29) is 0 Å². The standard InChI is InChI=1S/C9H12/c1-2-8-5-7-3-4-9(8)6-7/h2-4,7,9H,5-6H2,1H3/b8-2+/t7-,9?/m1/s1. The molecule has 0 spiro atoms. The number of hydrogen-bond acceptors (Lipinski definition) is 0. The molecule has 1 fully saturated rings. The van der Waals surface area contributed by atoms with Crippen molar-refractivity contribution in [2.75, 3.05) is 0 Å². The zero-order valence-corrected chi connectivity index (χ0v) is 5.80. The van der Waals surface area contributed by atoms with Gasteiger partial charge in [0.1, 0.15) is 0 Å². The molecular formula is C9H12. The summed E-state index contributed by atoms with van der Waals surface area (Å²) in [5.74, 6) is 1.74. The lowest BCUT2D eigenvalue weighted by Gasteiger charge is -2.05. The lowest BCUT2D eigenvalue weighted by atomic mass is 10.0. The van der Waals surface area contributed by atoms with Crippen molar-refractivity contribution in [1.82, 2.24) is 0 Å². The molecule has 2 aliphatic rings. The molecule has 0 saturated heterocycles. The zero-order valence-electron chi connectivity index (χ0n) is 5.80. The van der Waals surface area contributed by atoms with Crippen molar-refractivity contribution in [3.8, 4) is 0 Å². The minimum absolute atomic E-state index is 0.833. The van der Waals surface area contributed by atoms with Crippen molar-refractivity contribution >= 4 is 0 Å². The molecule has 0 heteroatoms. The molecule has 0 N–H and O–H groups in total. The Morgan fingerprint density at radius 1 is 1.56 bits per heavy atom. The molecule has 0 aromatic carbocycles. The molecule has 0 amide bonds. The quantitative estimate of drug-likeness (QED) is 0.431. The van der Waals surface area contributed by atoms with E-state index in [1.165, 1.54) is 12.8 Å². The second-order valence-corrected chi connectivity index (χ2v) is 3.05. The Hall–Kier alpha value is -0.520. The van der Waals surface area contributed by atoms with Gasteiger partial charge >= 0.3 is 0 Å². The Labute approximate surface area is 56.3 Å². The second-order valence-electron chi connectivity index (χ2n) is 3.05. The Bertz CT molecular complexity index is 174. The van der Waals surface area contributed by atoms with Crippen LogP contribution in [0.2, 0.25) is 0 Å². The summed E-state index contributed by atoms with van der Waals surface area (Å²) in [6.45, 7) is 2.16. The number of allylic oxidation sites excluding steroid dienone is 4. The van der Waals surface area contributed by atoms with Crippen molar-refractivity contribution in [1.29, 1.82) is 0 Å². The molecule has 9 heavy (non-hydrogen) atoms. The fourth-order valence-corrected chi connectivity index (χ4v) is 1.99. The molecule has 0 radical (unpaired) electrons. The van der Waals surface area contributed by atoms with Crippen LogP contribution in [0.5, 0.6) is 0 Å². The summed E-state index contributed by atoms with van der Waals surface area (Å²) in [5.41, 5.74) is 1.67. The van der Waals surface area contributed by atoms with Crippen molar-refractivity contribution in [2.45, 2.75) is 19.8 Å². The average Bonchev–Trinajstić information content (AvgIpc) is 2.45. The SMILES string of the molecule is C/C=C1\C[C@H]2C=CC1C2. The Morgan fingerprint density at radius 2 is 2.44 bits per heavy atom. The third kappa shape index (κ3) is 0.658. The van der Waals surface area contributed by atoms with Crippen molar-refractivity contribution in [3.63, 3.8) is 0 Å². The van der Waals surface area contributed by atoms with E-state index in [1.54, 1.807) is 5.57 Å². The predicted molar refractivity (Wildman–Crippen MR) is 39.1 cm³/mol. The van der Waals surface area contributed by atoms with Gasteiger partial charge in [0.15, 0.2) is 0 Å². The highest BCUT2D eigenvalue weighted by Gasteiger charge is 2.29. The first-order valence-corrected chi connectivity index (χ1v) is 3.73. The maximum absolute atomic E-state index is 2.37. The first-order valence-electron chi connectivity index (χ1n) is 3.73. The highest BCUT2D eigenvalue weighted by molar-refractivity contribution is 5.26. The summed E-state index contributed by atoms with van der Waals surface area (Å²) in [6, 6.07) is 0. The van der Waals surface area contributed by atoms with E-state index in [0.717, 1.165) is 11.8 Å². The van der Waals surface area contributed by atoms with Crippen LogP contribution in [0.3, 0.4) is 0 Å². The van der Waals surface area contributed by atoms with Crippen molar-refractivity contribution in [3.05, 3.63) is 23.8 Å². The normalized spacial score (nSPS) is 43.0. The minimum Gasteiger partial charge on any atom is -0.0878 e. The third-order valence-corrected chi connectivity index (χ3v) is 2.52. The molecule has 2 atom stereocenters. The average molecular weight is 120 g/mol. The minimum atomic E-state index is 0.833. The number of hydrogen-bond donors (Lipinski definition) is 0. The van der Waals surface area contributed by atoms with Gasteiger partial charge in [-0.25, -0.2) is 0 Å².